The van der Waals surface area contributed by atoms with Crippen LogP contribution in [0.4, 0.5) is 11.4 Å². The van der Waals surface area contributed by atoms with Crippen LogP contribution in [0.1, 0.15) is 37.2 Å². The fraction of sp³-hybridized carbons (Fsp3) is 0.474. The number of rotatable bonds is 3. The van der Waals surface area contributed by atoms with Gasteiger partial charge in [0.05, 0.1) is 23.8 Å². The van der Waals surface area contributed by atoms with Crippen LogP contribution in [0.3, 0.4) is 0 Å². The summed E-state index contributed by atoms with van der Waals surface area (Å²) in [5.41, 5.74) is 2.04. The third-order valence-electron chi connectivity index (χ3n) is 5.71. The van der Waals surface area contributed by atoms with Crippen LogP contribution in [0.25, 0.3) is 0 Å². The van der Waals surface area contributed by atoms with Crippen LogP contribution >= 0.6 is 0 Å². The van der Waals surface area contributed by atoms with E-state index in [1.165, 1.54) is 12.5 Å². The lowest BCUT2D eigenvalue weighted by molar-refractivity contribution is -0.385. The molecule has 24 heavy (non-hydrogen) atoms. The summed E-state index contributed by atoms with van der Waals surface area (Å²) in [6, 6.07) is 3.63. The number of methoxy groups -OCH3 is 1. The van der Waals surface area contributed by atoms with Crippen molar-refractivity contribution in [2.24, 2.45) is 11.8 Å². The minimum Gasteiger partial charge on any atom is -0.494 e. The molecule has 1 aromatic carbocycles. The summed E-state index contributed by atoms with van der Waals surface area (Å²) in [6.07, 6.45) is 13.5. The van der Waals surface area contributed by atoms with Gasteiger partial charge in [0.1, 0.15) is 5.75 Å². The summed E-state index contributed by atoms with van der Waals surface area (Å²) in [5, 5.41) is 15.0. The van der Waals surface area contributed by atoms with Gasteiger partial charge in [-0.1, -0.05) is 24.3 Å². The van der Waals surface area contributed by atoms with Gasteiger partial charge in [0.25, 0.3) is 5.69 Å². The maximum absolute atomic E-state index is 11.3. The van der Waals surface area contributed by atoms with E-state index in [9.17, 15) is 10.1 Å². The van der Waals surface area contributed by atoms with Gasteiger partial charge in [0, 0.05) is 18.0 Å². The van der Waals surface area contributed by atoms with E-state index in [0.29, 0.717) is 23.6 Å². The van der Waals surface area contributed by atoms with E-state index in [-0.39, 0.29) is 16.5 Å². The topological polar surface area (TPSA) is 64.4 Å². The Morgan fingerprint density at radius 3 is 2.83 bits per heavy atom. The fourth-order valence-electron chi connectivity index (χ4n) is 4.57. The summed E-state index contributed by atoms with van der Waals surface area (Å²) in [7, 11) is 1.58. The molecule has 4 atom stereocenters. The van der Waals surface area contributed by atoms with Crippen LogP contribution in [-0.4, -0.2) is 18.1 Å². The highest BCUT2D eigenvalue weighted by molar-refractivity contribution is 5.70. The molecule has 5 nitrogen and oxygen atoms in total. The van der Waals surface area contributed by atoms with Crippen molar-refractivity contribution in [1.29, 1.82) is 0 Å². The van der Waals surface area contributed by atoms with E-state index in [4.69, 9.17) is 4.74 Å². The van der Waals surface area contributed by atoms with Gasteiger partial charge >= 0.3 is 0 Å². The second-order valence-corrected chi connectivity index (χ2v) is 6.94. The summed E-state index contributed by atoms with van der Waals surface area (Å²) in [5.74, 6) is 1.90. The Labute approximate surface area is 141 Å². The van der Waals surface area contributed by atoms with E-state index in [2.05, 4.69) is 29.6 Å². The third-order valence-corrected chi connectivity index (χ3v) is 5.71. The Morgan fingerprint density at radius 1 is 1.25 bits per heavy atom. The monoisotopic (exact) mass is 326 g/mol. The normalized spacial score (nSPS) is 30.4. The summed E-state index contributed by atoms with van der Waals surface area (Å²) < 4.78 is 5.48. The molecule has 5 heteroatoms. The number of hydrogen-bond acceptors (Lipinski definition) is 4. The van der Waals surface area contributed by atoms with Crippen molar-refractivity contribution in [1.82, 2.24) is 0 Å². The lowest BCUT2D eigenvalue weighted by atomic mass is 9.72. The summed E-state index contributed by atoms with van der Waals surface area (Å²) in [6.45, 7) is 0. The Bertz CT molecular complexity index is 726. The lowest BCUT2D eigenvalue weighted by Crippen LogP contribution is -2.42. The number of nitro groups is 1. The van der Waals surface area contributed by atoms with Crippen molar-refractivity contribution in [2.75, 3.05) is 12.4 Å². The predicted octanol–water partition coefficient (Wildman–Crippen LogP) is 4.41. The minimum absolute atomic E-state index is 0.102. The number of anilines is 1. The number of benzene rings is 1. The molecule has 0 saturated carbocycles. The molecule has 0 bridgehead atoms. The van der Waals surface area contributed by atoms with Gasteiger partial charge in [0.2, 0.25) is 0 Å². The molecule has 0 radical (unpaired) electrons. The average molecular weight is 326 g/mol. The number of allylic oxidation sites excluding steroid dienone is 4. The van der Waals surface area contributed by atoms with Crippen molar-refractivity contribution in [2.45, 2.75) is 37.6 Å². The number of non-ortho nitro benzene ring substituents is 1. The number of nitrogens with one attached hydrogen (secondary N) is 1. The molecule has 1 aromatic rings. The molecule has 1 aliphatic heterocycles. The van der Waals surface area contributed by atoms with E-state index < -0.39 is 0 Å². The van der Waals surface area contributed by atoms with E-state index in [1.807, 2.05) is 0 Å². The summed E-state index contributed by atoms with van der Waals surface area (Å²) in [4.78, 5) is 10.9. The molecular weight excluding hydrogens is 304 g/mol. The Kier molecular flexibility index (Phi) is 3.79. The van der Waals surface area contributed by atoms with Gasteiger partial charge in [-0.15, -0.1) is 0 Å². The molecule has 4 unspecified atom stereocenters. The number of hydrogen-bond donors (Lipinski definition) is 1. The molecule has 3 aliphatic rings. The second kappa shape index (κ2) is 5.96. The van der Waals surface area contributed by atoms with Crippen LogP contribution in [-0.2, 0) is 0 Å². The number of fused-ring (bicyclic) bond motifs is 3. The quantitative estimate of drug-likeness (QED) is 0.507. The van der Waals surface area contributed by atoms with Crippen LogP contribution in [0, 0.1) is 22.0 Å². The van der Waals surface area contributed by atoms with Crippen LogP contribution < -0.4 is 10.1 Å². The molecule has 1 N–H and O–H groups in total. The first-order valence-corrected chi connectivity index (χ1v) is 8.63. The van der Waals surface area contributed by atoms with Gasteiger partial charge in [-0.25, -0.2) is 0 Å². The van der Waals surface area contributed by atoms with E-state index in [1.54, 1.807) is 13.2 Å². The number of nitro benzene ring substituents is 1. The van der Waals surface area contributed by atoms with Gasteiger partial charge in [-0.05, 0) is 43.1 Å². The molecule has 0 aromatic heterocycles. The van der Waals surface area contributed by atoms with Gasteiger partial charge in [-0.3, -0.25) is 10.1 Å². The first kappa shape index (κ1) is 15.2. The van der Waals surface area contributed by atoms with Gasteiger partial charge < -0.3 is 10.1 Å². The second-order valence-electron chi connectivity index (χ2n) is 6.94. The zero-order valence-corrected chi connectivity index (χ0v) is 13.8. The molecule has 4 rings (SSSR count). The van der Waals surface area contributed by atoms with E-state index in [0.717, 1.165) is 30.5 Å². The Morgan fingerprint density at radius 2 is 2.12 bits per heavy atom. The van der Waals surface area contributed by atoms with E-state index >= 15 is 0 Å². The SMILES string of the molecule is COc1cc([N+](=O)[O-])cc2c1NC(C1CC=CCC1)C1CC=CC21. The van der Waals surface area contributed by atoms with Crippen molar-refractivity contribution < 1.29 is 9.66 Å². The summed E-state index contributed by atoms with van der Waals surface area (Å²) >= 11 is 0. The molecule has 0 amide bonds. The van der Waals surface area contributed by atoms with Gasteiger partial charge in [0.15, 0.2) is 0 Å². The molecule has 0 saturated heterocycles. The maximum Gasteiger partial charge on any atom is 0.273 e. The zero-order valence-electron chi connectivity index (χ0n) is 13.8. The van der Waals surface area contributed by atoms with Crippen LogP contribution in [0.15, 0.2) is 36.4 Å². The maximum atomic E-state index is 11.3. The standard InChI is InChI=1S/C19H22N2O3/c1-24-17-11-13(21(22)23)10-16-14-8-5-9-15(14)18(20-19(16)17)12-6-3-2-4-7-12/h2-3,5,8,10-12,14-15,18,20H,4,6-7,9H2,1H3. The van der Waals surface area contributed by atoms with Gasteiger partial charge in [-0.2, -0.15) is 0 Å². The molecule has 2 aliphatic carbocycles. The third kappa shape index (κ3) is 2.39. The predicted molar refractivity (Wildman–Crippen MR) is 93.5 cm³/mol. The fourth-order valence-corrected chi connectivity index (χ4v) is 4.57. The highest BCUT2D eigenvalue weighted by Gasteiger charge is 2.42. The zero-order chi connectivity index (χ0) is 16.7. The van der Waals surface area contributed by atoms with Crippen molar-refractivity contribution in [3.63, 3.8) is 0 Å². The first-order valence-electron chi connectivity index (χ1n) is 8.63. The van der Waals surface area contributed by atoms with Crippen molar-refractivity contribution >= 4 is 11.4 Å². The Balaban J connectivity index is 1.78. The van der Waals surface area contributed by atoms with Crippen molar-refractivity contribution in [3.05, 3.63) is 52.1 Å². The molecule has 126 valence electrons. The van der Waals surface area contributed by atoms with Crippen molar-refractivity contribution in [3.8, 4) is 5.75 Å². The molecule has 1 heterocycles. The number of ether oxygens (including phenoxy) is 1. The highest BCUT2D eigenvalue weighted by atomic mass is 16.6. The number of nitrogens with zero attached hydrogens (tertiary/aromatic N) is 1. The van der Waals surface area contributed by atoms with Crippen LogP contribution in [0.5, 0.6) is 5.75 Å². The lowest BCUT2D eigenvalue weighted by Gasteiger charge is -2.42. The highest BCUT2D eigenvalue weighted by Crippen LogP contribution is 2.51. The smallest absolute Gasteiger partial charge is 0.273 e. The average Bonchev–Trinajstić information content (AvgIpc) is 3.10. The molecule has 0 fully saturated rings. The largest absolute Gasteiger partial charge is 0.494 e. The van der Waals surface area contributed by atoms with Crippen LogP contribution in [0.2, 0.25) is 0 Å². The molecular formula is C19H22N2O3. The Hall–Kier alpha value is -2.30. The minimum atomic E-state index is -0.339. The molecule has 0 spiro atoms. The first-order chi connectivity index (χ1) is 11.7.